The average molecular weight is 594 g/mol. The Balaban J connectivity index is 2.03. The van der Waals surface area contributed by atoms with Crippen LogP contribution in [-0.4, -0.2) is 57.4 Å². The molecule has 0 spiro atoms. The number of aryl methyl sites for hydroxylation is 1. The minimum absolute atomic E-state index is 0.0624. The Morgan fingerprint density at radius 3 is 2.21 bits per heavy atom. The number of carbonyl (C=O) groups excluding carboxylic acids is 2. The highest BCUT2D eigenvalue weighted by molar-refractivity contribution is 7.92. The number of carbonyl (C=O) groups is 2. The van der Waals surface area contributed by atoms with Crippen molar-refractivity contribution in [2.24, 2.45) is 0 Å². The molecule has 0 saturated heterocycles. The molecular formula is C33H43N3O5S. The monoisotopic (exact) mass is 593 g/mol. The van der Waals surface area contributed by atoms with Gasteiger partial charge in [-0.15, -0.1) is 0 Å². The van der Waals surface area contributed by atoms with Gasteiger partial charge in [-0.05, 0) is 62.9 Å². The van der Waals surface area contributed by atoms with E-state index in [4.69, 9.17) is 4.74 Å². The van der Waals surface area contributed by atoms with Gasteiger partial charge in [0, 0.05) is 13.1 Å². The summed E-state index contributed by atoms with van der Waals surface area (Å²) in [5, 5.41) is 2.96. The third kappa shape index (κ3) is 8.58. The minimum atomic E-state index is -4.17. The number of hydrogen-bond acceptors (Lipinski definition) is 5. The number of ether oxygens (including phenoxy) is 1. The second-order valence-electron chi connectivity index (χ2n) is 10.1. The molecule has 1 unspecified atom stereocenters. The molecule has 8 nitrogen and oxygen atoms in total. The standard InChI is InChI=1S/C33H43N3O5S/c1-5-8-23-34-33(38)29(6-2)35(24-22-27-14-10-9-11-15-27)32(37)25-36(30-16-12-13-17-31(30)41-7-3)42(39,40)28-20-18-26(4)19-21-28/h9-21,29H,5-8,22-25H2,1-4H3,(H,34,38). The first-order chi connectivity index (χ1) is 20.2. The molecule has 226 valence electrons. The van der Waals surface area contributed by atoms with E-state index in [9.17, 15) is 18.0 Å². The predicted molar refractivity (Wildman–Crippen MR) is 167 cm³/mol. The highest BCUT2D eigenvalue weighted by Gasteiger charge is 2.34. The molecule has 0 aliphatic carbocycles. The molecular weight excluding hydrogens is 550 g/mol. The van der Waals surface area contributed by atoms with Crippen molar-refractivity contribution >= 4 is 27.5 Å². The van der Waals surface area contributed by atoms with Crippen LogP contribution in [0.4, 0.5) is 5.69 Å². The topological polar surface area (TPSA) is 96.0 Å². The Bertz CT molecular complexity index is 1390. The first-order valence-corrected chi connectivity index (χ1v) is 16.1. The van der Waals surface area contributed by atoms with Crippen LogP contribution in [0.5, 0.6) is 5.75 Å². The van der Waals surface area contributed by atoms with E-state index < -0.39 is 28.5 Å². The van der Waals surface area contributed by atoms with E-state index in [0.717, 1.165) is 28.3 Å². The van der Waals surface area contributed by atoms with Crippen LogP contribution in [0.1, 0.15) is 51.2 Å². The highest BCUT2D eigenvalue weighted by Crippen LogP contribution is 2.33. The molecule has 3 aromatic rings. The van der Waals surface area contributed by atoms with Crippen LogP contribution in [-0.2, 0) is 26.0 Å². The number of sulfonamides is 1. The Morgan fingerprint density at radius 2 is 1.57 bits per heavy atom. The fourth-order valence-corrected chi connectivity index (χ4v) is 6.12. The molecule has 1 N–H and O–H groups in total. The third-order valence-corrected chi connectivity index (χ3v) is 8.80. The lowest BCUT2D eigenvalue weighted by Gasteiger charge is -2.33. The lowest BCUT2D eigenvalue weighted by Crippen LogP contribution is -2.53. The predicted octanol–water partition coefficient (Wildman–Crippen LogP) is 5.36. The van der Waals surface area contributed by atoms with Crippen LogP contribution in [0, 0.1) is 6.92 Å². The van der Waals surface area contributed by atoms with Gasteiger partial charge in [-0.3, -0.25) is 13.9 Å². The van der Waals surface area contributed by atoms with Crippen LogP contribution in [0.2, 0.25) is 0 Å². The number of benzene rings is 3. The third-order valence-electron chi connectivity index (χ3n) is 7.02. The number of unbranched alkanes of at least 4 members (excludes halogenated alkanes) is 1. The maximum atomic E-state index is 14.2. The fraction of sp³-hybridized carbons (Fsp3) is 0.394. The molecule has 1 atom stereocenters. The van der Waals surface area contributed by atoms with Crippen molar-refractivity contribution in [3.05, 3.63) is 90.0 Å². The van der Waals surface area contributed by atoms with Crippen molar-refractivity contribution in [3.63, 3.8) is 0 Å². The van der Waals surface area contributed by atoms with Crippen LogP contribution in [0.15, 0.2) is 83.8 Å². The Kier molecular flexibility index (Phi) is 12.4. The number of para-hydroxylation sites is 2. The van der Waals surface area contributed by atoms with Crippen molar-refractivity contribution in [2.75, 3.05) is 30.5 Å². The summed E-state index contributed by atoms with van der Waals surface area (Å²) < 4.78 is 35.1. The minimum Gasteiger partial charge on any atom is -0.492 e. The largest absolute Gasteiger partial charge is 0.492 e. The van der Waals surface area contributed by atoms with Gasteiger partial charge in [-0.2, -0.15) is 0 Å². The van der Waals surface area contributed by atoms with E-state index in [1.807, 2.05) is 58.0 Å². The Hall–Kier alpha value is -3.85. The van der Waals surface area contributed by atoms with Crippen molar-refractivity contribution in [1.29, 1.82) is 0 Å². The van der Waals surface area contributed by atoms with Gasteiger partial charge in [0.2, 0.25) is 11.8 Å². The van der Waals surface area contributed by atoms with Crippen molar-refractivity contribution < 1.29 is 22.7 Å². The molecule has 0 aromatic heterocycles. The molecule has 0 heterocycles. The maximum Gasteiger partial charge on any atom is 0.264 e. The fourth-order valence-electron chi connectivity index (χ4n) is 4.69. The summed E-state index contributed by atoms with van der Waals surface area (Å²) in [5.41, 5.74) is 2.19. The van der Waals surface area contributed by atoms with Crippen LogP contribution < -0.4 is 14.4 Å². The summed E-state index contributed by atoms with van der Waals surface area (Å²) >= 11 is 0. The molecule has 0 bridgehead atoms. The van der Waals surface area contributed by atoms with E-state index in [2.05, 4.69) is 5.32 Å². The molecule has 9 heteroatoms. The summed E-state index contributed by atoms with van der Waals surface area (Å²) in [4.78, 5) is 29.1. The van der Waals surface area contributed by atoms with Gasteiger partial charge in [-0.1, -0.05) is 80.4 Å². The zero-order valence-corrected chi connectivity index (χ0v) is 25.9. The Labute approximate surface area is 250 Å². The molecule has 0 aliphatic heterocycles. The van der Waals surface area contributed by atoms with Gasteiger partial charge in [0.05, 0.1) is 17.2 Å². The van der Waals surface area contributed by atoms with E-state index in [-0.39, 0.29) is 23.0 Å². The van der Waals surface area contributed by atoms with Crippen LogP contribution >= 0.6 is 0 Å². The lowest BCUT2D eigenvalue weighted by atomic mass is 10.1. The van der Waals surface area contributed by atoms with Gasteiger partial charge in [-0.25, -0.2) is 8.42 Å². The zero-order valence-electron chi connectivity index (χ0n) is 25.1. The SMILES string of the molecule is CCCCNC(=O)C(CC)N(CCc1ccccc1)C(=O)CN(c1ccccc1OCC)S(=O)(=O)c1ccc(C)cc1. The maximum absolute atomic E-state index is 14.2. The second-order valence-corrected chi connectivity index (χ2v) is 12.0. The van der Waals surface area contributed by atoms with Crippen molar-refractivity contribution in [2.45, 2.75) is 64.3 Å². The number of nitrogens with one attached hydrogen (secondary N) is 1. The molecule has 3 aromatic carbocycles. The summed E-state index contributed by atoms with van der Waals surface area (Å²) in [7, 11) is -4.17. The van der Waals surface area contributed by atoms with Gasteiger partial charge >= 0.3 is 0 Å². The highest BCUT2D eigenvalue weighted by atomic mass is 32.2. The second kappa shape index (κ2) is 16.0. The number of hydrogen-bond donors (Lipinski definition) is 1. The lowest BCUT2D eigenvalue weighted by molar-refractivity contribution is -0.139. The van der Waals surface area contributed by atoms with Gasteiger partial charge in [0.15, 0.2) is 0 Å². The molecule has 0 radical (unpaired) electrons. The molecule has 3 rings (SSSR count). The van der Waals surface area contributed by atoms with Gasteiger partial charge in [0.1, 0.15) is 18.3 Å². The van der Waals surface area contributed by atoms with Crippen molar-refractivity contribution in [1.82, 2.24) is 10.2 Å². The quantitative estimate of drug-likeness (QED) is 0.226. The first kappa shape index (κ1) is 32.7. The molecule has 2 amide bonds. The van der Waals surface area contributed by atoms with E-state index in [0.29, 0.717) is 31.7 Å². The van der Waals surface area contributed by atoms with Crippen molar-refractivity contribution in [3.8, 4) is 5.75 Å². The summed E-state index contributed by atoms with van der Waals surface area (Å²) in [5.74, 6) is -0.357. The zero-order chi connectivity index (χ0) is 30.5. The summed E-state index contributed by atoms with van der Waals surface area (Å²) in [6.07, 6.45) is 2.67. The molecule has 0 aliphatic rings. The number of anilines is 1. The van der Waals surface area contributed by atoms with E-state index in [1.54, 1.807) is 36.4 Å². The number of nitrogens with zero attached hydrogens (tertiary/aromatic N) is 2. The molecule has 0 fully saturated rings. The summed E-state index contributed by atoms with van der Waals surface area (Å²) in [6.45, 7) is 8.20. The van der Waals surface area contributed by atoms with Crippen LogP contribution in [0.25, 0.3) is 0 Å². The van der Waals surface area contributed by atoms with Crippen LogP contribution in [0.3, 0.4) is 0 Å². The van der Waals surface area contributed by atoms with E-state index in [1.165, 1.54) is 17.0 Å². The number of rotatable bonds is 16. The molecule has 42 heavy (non-hydrogen) atoms. The van der Waals surface area contributed by atoms with E-state index >= 15 is 0 Å². The summed E-state index contributed by atoms with van der Waals surface area (Å²) in [6, 6.07) is 22.3. The van der Waals surface area contributed by atoms with Gasteiger partial charge in [0.25, 0.3) is 10.0 Å². The molecule has 0 saturated carbocycles. The normalized spacial score (nSPS) is 11.9. The van der Waals surface area contributed by atoms with Gasteiger partial charge < -0.3 is 15.0 Å². The Morgan fingerprint density at radius 1 is 0.905 bits per heavy atom. The smallest absolute Gasteiger partial charge is 0.264 e. The first-order valence-electron chi connectivity index (χ1n) is 14.6. The number of amides is 2. The average Bonchev–Trinajstić information content (AvgIpc) is 2.99.